The van der Waals surface area contributed by atoms with E-state index in [-0.39, 0.29) is 5.91 Å². The van der Waals surface area contributed by atoms with E-state index in [1.54, 1.807) is 63.9 Å². The van der Waals surface area contributed by atoms with Gasteiger partial charge in [-0.2, -0.15) is 0 Å². The number of rotatable bonds is 7. The van der Waals surface area contributed by atoms with Gasteiger partial charge in [0.1, 0.15) is 5.82 Å². The Balaban J connectivity index is 1.73. The molecule has 0 bridgehead atoms. The van der Waals surface area contributed by atoms with Gasteiger partial charge in [0.2, 0.25) is 5.75 Å². The number of amides is 1. The van der Waals surface area contributed by atoms with Crippen LogP contribution in [-0.2, 0) is 0 Å². The molecule has 2 N–H and O–H groups in total. The zero-order valence-corrected chi connectivity index (χ0v) is 15.9. The van der Waals surface area contributed by atoms with Crippen LogP contribution in [0, 0.1) is 0 Å². The van der Waals surface area contributed by atoms with Gasteiger partial charge in [-0.3, -0.25) is 4.79 Å². The van der Waals surface area contributed by atoms with Gasteiger partial charge < -0.3 is 24.8 Å². The Morgan fingerprint density at radius 2 is 1.54 bits per heavy atom. The van der Waals surface area contributed by atoms with Gasteiger partial charge in [-0.1, -0.05) is 18.2 Å². The summed E-state index contributed by atoms with van der Waals surface area (Å²) < 4.78 is 16.0. The number of pyridine rings is 1. The van der Waals surface area contributed by atoms with E-state index in [0.717, 1.165) is 5.69 Å². The Hall–Kier alpha value is -3.74. The molecule has 0 aliphatic carbocycles. The molecule has 0 aliphatic heterocycles. The summed E-state index contributed by atoms with van der Waals surface area (Å²) in [4.78, 5) is 16.5. The number of methoxy groups -OCH3 is 3. The van der Waals surface area contributed by atoms with Crippen molar-refractivity contribution in [2.24, 2.45) is 0 Å². The van der Waals surface area contributed by atoms with Crippen molar-refractivity contribution in [3.63, 3.8) is 0 Å². The lowest BCUT2D eigenvalue weighted by molar-refractivity contribution is 0.102. The van der Waals surface area contributed by atoms with Gasteiger partial charge in [-0.25, -0.2) is 4.98 Å². The monoisotopic (exact) mass is 379 g/mol. The fraction of sp³-hybridized carbons (Fsp3) is 0.143. The van der Waals surface area contributed by atoms with Crippen molar-refractivity contribution < 1.29 is 19.0 Å². The van der Waals surface area contributed by atoms with Gasteiger partial charge in [0.25, 0.3) is 5.91 Å². The normalized spacial score (nSPS) is 10.1. The van der Waals surface area contributed by atoms with E-state index in [0.29, 0.717) is 34.3 Å². The highest BCUT2D eigenvalue weighted by Gasteiger charge is 2.13. The maximum absolute atomic E-state index is 12.2. The molecule has 0 aliphatic rings. The molecule has 0 saturated carbocycles. The quantitative estimate of drug-likeness (QED) is 0.643. The number of hydrogen-bond acceptors (Lipinski definition) is 6. The first-order valence-corrected chi connectivity index (χ1v) is 8.54. The highest BCUT2D eigenvalue weighted by molar-refractivity contribution is 6.04. The van der Waals surface area contributed by atoms with Gasteiger partial charge in [0.15, 0.2) is 11.5 Å². The van der Waals surface area contributed by atoms with Crippen molar-refractivity contribution in [1.29, 1.82) is 0 Å². The molecule has 0 saturated heterocycles. The summed E-state index contributed by atoms with van der Waals surface area (Å²) in [5.41, 5.74) is 1.91. The highest BCUT2D eigenvalue weighted by atomic mass is 16.5. The van der Waals surface area contributed by atoms with Gasteiger partial charge >= 0.3 is 0 Å². The van der Waals surface area contributed by atoms with Crippen molar-refractivity contribution in [3.8, 4) is 17.2 Å². The first kappa shape index (κ1) is 19.0. The number of hydrogen-bond donors (Lipinski definition) is 2. The molecule has 7 heteroatoms. The number of carbonyl (C=O) groups excluding carboxylic acids is 1. The summed E-state index contributed by atoms with van der Waals surface area (Å²) in [6.45, 7) is 0. The molecule has 28 heavy (non-hydrogen) atoms. The van der Waals surface area contributed by atoms with Gasteiger partial charge in [0.05, 0.1) is 33.2 Å². The number of carbonyl (C=O) groups is 1. The molecule has 0 unspecified atom stereocenters. The SMILES string of the molecule is COc1cc(Nc2ccc(NC(=O)c3ccccc3)cn2)cc(OC)c1OC. The predicted molar refractivity (Wildman–Crippen MR) is 108 cm³/mol. The van der Waals surface area contributed by atoms with Crippen LogP contribution < -0.4 is 24.8 Å². The van der Waals surface area contributed by atoms with E-state index in [4.69, 9.17) is 14.2 Å². The largest absolute Gasteiger partial charge is 0.493 e. The number of nitrogens with zero attached hydrogens (tertiary/aromatic N) is 1. The molecule has 1 amide bonds. The highest BCUT2D eigenvalue weighted by Crippen LogP contribution is 2.40. The summed E-state index contributed by atoms with van der Waals surface area (Å²) in [7, 11) is 4.67. The number of anilines is 3. The molecule has 144 valence electrons. The molecule has 7 nitrogen and oxygen atoms in total. The van der Waals surface area contributed by atoms with E-state index in [2.05, 4.69) is 15.6 Å². The summed E-state index contributed by atoms with van der Waals surface area (Å²) >= 11 is 0. The van der Waals surface area contributed by atoms with E-state index in [9.17, 15) is 4.79 Å². The zero-order valence-electron chi connectivity index (χ0n) is 15.9. The van der Waals surface area contributed by atoms with Crippen molar-refractivity contribution >= 4 is 23.1 Å². The standard InChI is InChI=1S/C21H21N3O4/c1-26-17-11-16(12-18(27-2)20(17)28-3)23-19-10-9-15(13-22-19)24-21(25)14-7-5-4-6-8-14/h4-13H,1-3H3,(H,22,23)(H,24,25). The maximum Gasteiger partial charge on any atom is 0.255 e. The minimum absolute atomic E-state index is 0.187. The number of benzene rings is 2. The molecule has 0 atom stereocenters. The number of nitrogens with one attached hydrogen (secondary N) is 2. The minimum atomic E-state index is -0.187. The van der Waals surface area contributed by atoms with Crippen LogP contribution >= 0.6 is 0 Å². The average Bonchev–Trinajstić information content (AvgIpc) is 2.75. The van der Waals surface area contributed by atoms with Crippen LogP contribution in [0.4, 0.5) is 17.2 Å². The summed E-state index contributed by atoms with van der Waals surface area (Å²) in [5, 5.41) is 5.99. The number of ether oxygens (including phenoxy) is 3. The van der Waals surface area contributed by atoms with Crippen LogP contribution in [0.1, 0.15) is 10.4 Å². The molecule has 0 spiro atoms. The molecule has 3 rings (SSSR count). The molecule has 3 aromatic rings. The molecule has 1 aromatic heterocycles. The molecular formula is C21H21N3O4. The first-order valence-electron chi connectivity index (χ1n) is 8.54. The van der Waals surface area contributed by atoms with Crippen LogP contribution in [0.15, 0.2) is 60.8 Å². The van der Waals surface area contributed by atoms with Crippen LogP contribution in [-0.4, -0.2) is 32.2 Å². The van der Waals surface area contributed by atoms with Crippen LogP contribution in [0.2, 0.25) is 0 Å². The second-order valence-electron chi connectivity index (χ2n) is 5.79. The first-order chi connectivity index (χ1) is 13.6. The van der Waals surface area contributed by atoms with Crippen molar-refractivity contribution in [2.45, 2.75) is 0 Å². The third-order valence-corrected chi connectivity index (χ3v) is 3.99. The summed E-state index contributed by atoms with van der Waals surface area (Å²) in [6, 6.07) is 16.1. The summed E-state index contributed by atoms with van der Waals surface area (Å²) in [5.74, 6) is 2.01. The second kappa shape index (κ2) is 8.77. The molecule has 2 aromatic carbocycles. The summed E-state index contributed by atoms with van der Waals surface area (Å²) in [6.07, 6.45) is 1.58. The van der Waals surface area contributed by atoms with Crippen LogP contribution in [0.5, 0.6) is 17.2 Å². The third-order valence-electron chi connectivity index (χ3n) is 3.99. The minimum Gasteiger partial charge on any atom is -0.493 e. The average molecular weight is 379 g/mol. The Kier molecular flexibility index (Phi) is 5.96. The van der Waals surface area contributed by atoms with E-state index in [1.807, 2.05) is 18.2 Å². The number of aromatic nitrogens is 1. The lowest BCUT2D eigenvalue weighted by Crippen LogP contribution is -2.11. The van der Waals surface area contributed by atoms with Gasteiger partial charge in [0, 0.05) is 23.4 Å². The van der Waals surface area contributed by atoms with Gasteiger partial charge in [-0.15, -0.1) is 0 Å². The van der Waals surface area contributed by atoms with E-state index < -0.39 is 0 Å². The zero-order chi connectivity index (χ0) is 19.9. The molecule has 1 heterocycles. The molecule has 0 fully saturated rings. The fourth-order valence-electron chi connectivity index (χ4n) is 2.64. The van der Waals surface area contributed by atoms with Gasteiger partial charge in [-0.05, 0) is 24.3 Å². The lowest BCUT2D eigenvalue weighted by Gasteiger charge is -2.15. The van der Waals surface area contributed by atoms with Crippen molar-refractivity contribution in [3.05, 3.63) is 66.4 Å². The van der Waals surface area contributed by atoms with Crippen LogP contribution in [0.25, 0.3) is 0 Å². The van der Waals surface area contributed by atoms with E-state index >= 15 is 0 Å². The smallest absolute Gasteiger partial charge is 0.255 e. The maximum atomic E-state index is 12.2. The van der Waals surface area contributed by atoms with Crippen molar-refractivity contribution in [1.82, 2.24) is 4.98 Å². The van der Waals surface area contributed by atoms with Crippen LogP contribution in [0.3, 0.4) is 0 Å². The topological polar surface area (TPSA) is 81.7 Å². The molecule has 0 radical (unpaired) electrons. The molecular weight excluding hydrogens is 358 g/mol. The second-order valence-corrected chi connectivity index (χ2v) is 5.79. The Labute approximate surface area is 163 Å². The Morgan fingerprint density at radius 1 is 0.857 bits per heavy atom. The van der Waals surface area contributed by atoms with Crippen molar-refractivity contribution in [2.75, 3.05) is 32.0 Å². The Bertz CT molecular complexity index is 919. The lowest BCUT2D eigenvalue weighted by atomic mass is 10.2. The third kappa shape index (κ3) is 4.32. The predicted octanol–water partition coefficient (Wildman–Crippen LogP) is 4.10. The Morgan fingerprint density at radius 3 is 2.07 bits per heavy atom. The fourth-order valence-corrected chi connectivity index (χ4v) is 2.64. The van der Waals surface area contributed by atoms with E-state index in [1.165, 1.54) is 0 Å².